The van der Waals surface area contributed by atoms with Gasteiger partial charge in [0.2, 0.25) is 0 Å². The van der Waals surface area contributed by atoms with E-state index in [1.54, 1.807) is 6.07 Å². The maximum Gasteiger partial charge on any atom is 0.139 e. The fraction of sp³-hybridized carbons (Fsp3) is 0.133. The second kappa shape index (κ2) is 5.71. The Morgan fingerprint density at radius 3 is 2.48 bits per heavy atom. The van der Waals surface area contributed by atoms with Crippen molar-refractivity contribution in [2.24, 2.45) is 0 Å². The monoisotopic (exact) mass is 430 g/mol. The van der Waals surface area contributed by atoms with E-state index in [0.717, 1.165) is 15.7 Å². The molecule has 0 aliphatic heterocycles. The summed E-state index contributed by atoms with van der Waals surface area (Å²) in [6, 6.07) is 11.0. The number of imidazole rings is 1. The summed E-state index contributed by atoms with van der Waals surface area (Å²) in [6.45, 7) is 1.85. The molecule has 21 heavy (non-hydrogen) atoms. The van der Waals surface area contributed by atoms with Crippen LogP contribution in [0.15, 0.2) is 45.3 Å². The zero-order valence-electron chi connectivity index (χ0n) is 10.9. The van der Waals surface area contributed by atoms with E-state index in [1.807, 2.05) is 35.8 Å². The Morgan fingerprint density at radius 2 is 1.86 bits per heavy atom. The second-order valence-corrected chi connectivity index (χ2v) is 7.08. The molecule has 2 aromatic carbocycles. The largest absolute Gasteiger partial charge is 0.295 e. The van der Waals surface area contributed by atoms with Crippen LogP contribution in [-0.4, -0.2) is 9.55 Å². The molecule has 0 radical (unpaired) electrons. The summed E-state index contributed by atoms with van der Waals surface area (Å²) in [7, 11) is 0. The average Bonchev–Trinajstić information content (AvgIpc) is 2.79. The van der Waals surface area contributed by atoms with E-state index in [0.29, 0.717) is 15.8 Å². The summed E-state index contributed by atoms with van der Waals surface area (Å²) in [5.74, 6) is 0.350. The van der Waals surface area contributed by atoms with Crippen molar-refractivity contribution in [3.05, 3.63) is 57.0 Å². The Balaban J connectivity index is 2.35. The van der Waals surface area contributed by atoms with E-state index in [9.17, 15) is 4.39 Å². The number of aromatic nitrogens is 2. The molecule has 0 fully saturated rings. The van der Waals surface area contributed by atoms with Gasteiger partial charge in [0.1, 0.15) is 11.6 Å². The smallest absolute Gasteiger partial charge is 0.139 e. The van der Waals surface area contributed by atoms with Crippen molar-refractivity contribution >= 4 is 54.5 Å². The third-order valence-corrected chi connectivity index (χ3v) is 4.49. The fourth-order valence-corrected chi connectivity index (χ4v) is 2.96. The molecule has 1 unspecified atom stereocenters. The Hall–Kier alpha value is -0.910. The average molecular weight is 433 g/mol. The lowest BCUT2D eigenvalue weighted by molar-refractivity contribution is 0.623. The summed E-state index contributed by atoms with van der Waals surface area (Å²) < 4.78 is 17.1. The number of alkyl halides is 1. The molecule has 0 saturated carbocycles. The van der Waals surface area contributed by atoms with Crippen molar-refractivity contribution < 1.29 is 4.39 Å². The van der Waals surface area contributed by atoms with Gasteiger partial charge in [-0.3, -0.25) is 4.57 Å². The Kier molecular flexibility index (Phi) is 4.08. The minimum Gasteiger partial charge on any atom is -0.295 e. The first-order chi connectivity index (χ1) is 9.97. The molecule has 2 nitrogen and oxygen atoms in total. The van der Waals surface area contributed by atoms with E-state index in [4.69, 9.17) is 11.6 Å². The van der Waals surface area contributed by atoms with Crippen LogP contribution in [-0.2, 0) is 0 Å². The number of rotatable bonds is 2. The molecule has 3 aromatic rings. The summed E-state index contributed by atoms with van der Waals surface area (Å²) in [6.07, 6.45) is 0. The van der Waals surface area contributed by atoms with Gasteiger partial charge in [0.25, 0.3) is 0 Å². The van der Waals surface area contributed by atoms with Gasteiger partial charge in [0.15, 0.2) is 0 Å². The highest BCUT2D eigenvalue weighted by Crippen LogP contribution is 2.31. The van der Waals surface area contributed by atoms with E-state index >= 15 is 0 Å². The number of fused-ring (bicyclic) bond motifs is 1. The van der Waals surface area contributed by atoms with Gasteiger partial charge in [0, 0.05) is 16.2 Å². The summed E-state index contributed by atoms with van der Waals surface area (Å²) in [5, 5.41) is -0.289. The molecular weight excluding hydrogens is 422 g/mol. The van der Waals surface area contributed by atoms with Crippen LogP contribution in [0.5, 0.6) is 0 Å². The maximum atomic E-state index is 13.7. The van der Waals surface area contributed by atoms with Crippen LogP contribution in [0, 0.1) is 5.82 Å². The molecule has 0 aliphatic carbocycles. The van der Waals surface area contributed by atoms with Crippen molar-refractivity contribution in [3.8, 4) is 5.69 Å². The normalized spacial score (nSPS) is 12.8. The first-order valence-corrected chi connectivity index (χ1v) is 8.27. The highest BCUT2D eigenvalue weighted by atomic mass is 79.9. The molecule has 0 amide bonds. The lowest BCUT2D eigenvalue weighted by atomic mass is 10.2. The predicted molar refractivity (Wildman–Crippen MR) is 90.7 cm³/mol. The topological polar surface area (TPSA) is 17.8 Å². The molecule has 0 aliphatic rings. The van der Waals surface area contributed by atoms with Crippen molar-refractivity contribution in [1.29, 1.82) is 0 Å². The summed E-state index contributed by atoms with van der Waals surface area (Å²) in [5.41, 5.74) is 2.33. The molecule has 0 bridgehead atoms. The quantitative estimate of drug-likeness (QED) is 0.455. The van der Waals surface area contributed by atoms with Gasteiger partial charge in [-0.2, -0.15) is 0 Å². The molecule has 0 spiro atoms. The van der Waals surface area contributed by atoms with Crippen molar-refractivity contribution in [1.82, 2.24) is 9.55 Å². The van der Waals surface area contributed by atoms with Gasteiger partial charge in [-0.05, 0) is 53.2 Å². The fourth-order valence-electron chi connectivity index (χ4n) is 2.22. The van der Waals surface area contributed by atoms with Crippen LogP contribution in [0.25, 0.3) is 16.7 Å². The molecule has 1 heterocycles. The Bertz CT molecular complexity index is 813. The SMILES string of the molecule is CC(Cl)c1nc2cc(F)c(Br)cc2n1-c1ccc(Br)cc1. The van der Waals surface area contributed by atoms with Gasteiger partial charge < -0.3 is 0 Å². The Labute approximate surface area is 143 Å². The minimum atomic E-state index is -0.336. The van der Waals surface area contributed by atoms with Crippen LogP contribution in [0.2, 0.25) is 0 Å². The first-order valence-electron chi connectivity index (χ1n) is 6.25. The molecule has 1 aromatic heterocycles. The van der Waals surface area contributed by atoms with E-state index in [2.05, 4.69) is 36.8 Å². The minimum absolute atomic E-state index is 0.289. The van der Waals surface area contributed by atoms with Crippen molar-refractivity contribution in [2.45, 2.75) is 12.3 Å². The standard InChI is InChI=1S/C15H10Br2ClFN2/c1-8(18)15-20-13-7-12(19)11(17)6-14(13)21(15)10-4-2-9(16)3-5-10/h2-8H,1H3. The van der Waals surface area contributed by atoms with Gasteiger partial charge in [-0.25, -0.2) is 9.37 Å². The molecular formula is C15H10Br2ClFN2. The van der Waals surface area contributed by atoms with Crippen LogP contribution in [0.1, 0.15) is 18.1 Å². The molecule has 1 atom stereocenters. The molecule has 0 saturated heterocycles. The molecule has 6 heteroatoms. The van der Waals surface area contributed by atoms with E-state index in [-0.39, 0.29) is 11.2 Å². The molecule has 108 valence electrons. The zero-order valence-corrected chi connectivity index (χ0v) is 14.9. The summed E-state index contributed by atoms with van der Waals surface area (Å²) >= 11 is 12.9. The van der Waals surface area contributed by atoms with Gasteiger partial charge >= 0.3 is 0 Å². The lowest BCUT2D eigenvalue weighted by Gasteiger charge is -2.11. The first kappa shape index (κ1) is 15.0. The van der Waals surface area contributed by atoms with Gasteiger partial charge in [-0.1, -0.05) is 15.9 Å². The predicted octanol–water partition coefficient (Wildman–Crippen LogP) is 5.99. The highest BCUT2D eigenvalue weighted by Gasteiger charge is 2.18. The van der Waals surface area contributed by atoms with Crippen LogP contribution < -0.4 is 0 Å². The number of benzene rings is 2. The molecule has 3 rings (SSSR count). The van der Waals surface area contributed by atoms with Crippen LogP contribution in [0.4, 0.5) is 4.39 Å². The van der Waals surface area contributed by atoms with Crippen molar-refractivity contribution in [3.63, 3.8) is 0 Å². The number of hydrogen-bond donors (Lipinski definition) is 0. The maximum absolute atomic E-state index is 13.7. The van der Waals surface area contributed by atoms with Gasteiger partial charge in [-0.15, -0.1) is 11.6 Å². The third kappa shape index (κ3) is 2.74. The third-order valence-electron chi connectivity index (χ3n) is 3.16. The van der Waals surface area contributed by atoms with Crippen LogP contribution >= 0.6 is 43.5 Å². The van der Waals surface area contributed by atoms with E-state index < -0.39 is 0 Å². The zero-order chi connectivity index (χ0) is 15.1. The Morgan fingerprint density at radius 1 is 1.19 bits per heavy atom. The van der Waals surface area contributed by atoms with E-state index in [1.165, 1.54) is 6.07 Å². The van der Waals surface area contributed by atoms with Crippen LogP contribution in [0.3, 0.4) is 0 Å². The van der Waals surface area contributed by atoms with Crippen molar-refractivity contribution in [2.75, 3.05) is 0 Å². The number of nitrogens with zero attached hydrogens (tertiary/aromatic N) is 2. The lowest BCUT2D eigenvalue weighted by Crippen LogP contribution is -2.01. The summed E-state index contributed by atoms with van der Waals surface area (Å²) in [4.78, 5) is 4.47. The second-order valence-electron chi connectivity index (χ2n) is 4.65. The van der Waals surface area contributed by atoms with Gasteiger partial charge in [0.05, 0.1) is 20.9 Å². The molecule has 0 N–H and O–H groups in total. The number of halogens is 4. The highest BCUT2D eigenvalue weighted by molar-refractivity contribution is 9.10. The number of hydrogen-bond acceptors (Lipinski definition) is 1.